The van der Waals surface area contributed by atoms with E-state index < -0.39 is 12.6 Å². The second kappa shape index (κ2) is 8.87. The Labute approximate surface area is 162 Å². The number of piperidine rings is 1. The summed E-state index contributed by atoms with van der Waals surface area (Å²) in [6, 6.07) is 7.24. The number of H-pyrrole nitrogens is 1. The normalized spacial score (nSPS) is 19.4. The third-order valence-electron chi connectivity index (χ3n) is 4.55. The van der Waals surface area contributed by atoms with Crippen molar-refractivity contribution >= 4 is 28.5 Å². The number of aliphatic hydroxyl groups is 1. The lowest BCUT2D eigenvalue weighted by Crippen LogP contribution is -2.60. The largest absolute Gasteiger partial charge is 0.365 e. The van der Waals surface area contributed by atoms with Gasteiger partial charge in [-0.1, -0.05) is 11.6 Å². The summed E-state index contributed by atoms with van der Waals surface area (Å²) in [5.41, 5.74) is 12.7. The molecule has 148 valence electrons. The van der Waals surface area contributed by atoms with E-state index in [4.69, 9.17) is 23.1 Å². The van der Waals surface area contributed by atoms with Gasteiger partial charge in [0, 0.05) is 40.8 Å². The van der Waals surface area contributed by atoms with Crippen LogP contribution in [0, 0.1) is 0 Å². The number of nitrogens with zero attached hydrogens (tertiary/aromatic N) is 1. The Kier molecular flexibility index (Phi) is 6.53. The topological polar surface area (TPSA) is 144 Å². The first-order valence-corrected chi connectivity index (χ1v) is 9.29. The van der Waals surface area contributed by atoms with Gasteiger partial charge in [0.1, 0.15) is 6.29 Å². The van der Waals surface area contributed by atoms with Gasteiger partial charge in [-0.25, -0.2) is 4.79 Å². The molecule has 10 heteroatoms. The quantitative estimate of drug-likeness (QED) is 0.347. The van der Waals surface area contributed by atoms with Gasteiger partial charge in [-0.2, -0.15) is 0 Å². The minimum Gasteiger partial charge on any atom is -0.365 e. The number of carbonyl (C=O) groups excluding carboxylic acids is 1. The van der Waals surface area contributed by atoms with Gasteiger partial charge in [0.2, 0.25) is 0 Å². The second-order valence-electron chi connectivity index (χ2n) is 6.75. The van der Waals surface area contributed by atoms with Gasteiger partial charge >= 0.3 is 6.03 Å². The molecule has 2 amide bonds. The molecule has 1 aromatic carbocycles. The number of benzene rings is 1. The lowest BCUT2D eigenvalue weighted by Gasteiger charge is -2.36. The number of halogens is 1. The highest BCUT2D eigenvalue weighted by atomic mass is 35.5. The molecule has 1 fully saturated rings. The maximum absolute atomic E-state index is 12.2. The SMILES string of the molecule is NC(N)NC(O)N1CCC[C@@H](NC(=O)NCc2cc3cc(Cl)ccc3[nH]2)C1. The number of aliphatic hydroxyl groups excluding tert-OH is 1. The molecular formula is C17H26ClN7O2. The summed E-state index contributed by atoms with van der Waals surface area (Å²) in [5.74, 6) is 0. The van der Waals surface area contributed by atoms with Crippen LogP contribution in [0.5, 0.6) is 0 Å². The van der Waals surface area contributed by atoms with Crippen molar-refractivity contribution in [1.82, 2.24) is 25.8 Å². The van der Waals surface area contributed by atoms with Crippen LogP contribution in [0.1, 0.15) is 18.5 Å². The predicted octanol–water partition coefficient (Wildman–Crippen LogP) is 0.151. The Bertz CT molecular complexity index is 782. The van der Waals surface area contributed by atoms with Crippen LogP contribution in [0.3, 0.4) is 0 Å². The highest BCUT2D eigenvalue weighted by Gasteiger charge is 2.26. The molecule has 9 nitrogen and oxygen atoms in total. The molecule has 1 saturated heterocycles. The van der Waals surface area contributed by atoms with Crippen LogP contribution in [0.25, 0.3) is 10.9 Å². The number of likely N-dealkylation sites (tertiary alicyclic amines) is 1. The van der Waals surface area contributed by atoms with E-state index in [2.05, 4.69) is 20.9 Å². The van der Waals surface area contributed by atoms with Gasteiger partial charge in [0.15, 0.2) is 6.35 Å². The van der Waals surface area contributed by atoms with Crippen molar-refractivity contribution in [1.29, 1.82) is 0 Å². The molecule has 3 rings (SSSR count). The van der Waals surface area contributed by atoms with Crippen LogP contribution in [0.2, 0.25) is 5.02 Å². The maximum Gasteiger partial charge on any atom is 0.315 e. The summed E-state index contributed by atoms with van der Waals surface area (Å²) in [6.45, 7) is 1.60. The number of aromatic amines is 1. The van der Waals surface area contributed by atoms with E-state index in [9.17, 15) is 9.90 Å². The lowest BCUT2D eigenvalue weighted by molar-refractivity contribution is -0.0443. The minimum absolute atomic E-state index is 0.0641. The molecule has 0 spiro atoms. The van der Waals surface area contributed by atoms with Crippen molar-refractivity contribution < 1.29 is 9.90 Å². The maximum atomic E-state index is 12.2. The molecule has 0 bridgehead atoms. The summed E-state index contributed by atoms with van der Waals surface area (Å²) in [7, 11) is 0. The molecule has 0 aliphatic carbocycles. The van der Waals surface area contributed by atoms with Gasteiger partial charge < -0.3 is 32.2 Å². The average molecular weight is 396 g/mol. The summed E-state index contributed by atoms with van der Waals surface area (Å²) < 4.78 is 0. The van der Waals surface area contributed by atoms with Crippen LogP contribution in [0.4, 0.5) is 4.79 Å². The zero-order valence-electron chi connectivity index (χ0n) is 14.9. The molecule has 9 N–H and O–H groups in total. The Morgan fingerprint density at radius 3 is 3.00 bits per heavy atom. The smallest absolute Gasteiger partial charge is 0.315 e. The Morgan fingerprint density at radius 2 is 2.22 bits per heavy atom. The highest BCUT2D eigenvalue weighted by molar-refractivity contribution is 6.31. The van der Waals surface area contributed by atoms with E-state index in [-0.39, 0.29) is 12.1 Å². The number of urea groups is 1. The van der Waals surface area contributed by atoms with Crippen molar-refractivity contribution in [2.75, 3.05) is 13.1 Å². The Morgan fingerprint density at radius 1 is 1.41 bits per heavy atom. The van der Waals surface area contributed by atoms with Gasteiger partial charge in [-0.3, -0.25) is 10.2 Å². The van der Waals surface area contributed by atoms with Crippen LogP contribution in [-0.4, -0.2) is 52.8 Å². The first-order valence-electron chi connectivity index (χ1n) is 8.91. The van der Waals surface area contributed by atoms with Gasteiger partial charge in [-0.15, -0.1) is 0 Å². The summed E-state index contributed by atoms with van der Waals surface area (Å²) >= 11 is 5.99. The number of rotatable bonds is 6. The molecule has 0 saturated carbocycles. The van der Waals surface area contributed by atoms with E-state index in [1.165, 1.54) is 0 Å². The second-order valence-corrected chi connectivity index (χ2v) is 7.19. The fourth-order valence-corrected chi connectivity index (χ4v) is 3.48. The molecule has 2 aromatic rings. The van der Waals surface area contributed by atoms with E-state index in [0.717, 1.165) is 29.4 Å². The fourth-order valence-electron chi connectivity index (χ4n) is 3.29. The monoisotopic (exact) mass is 395 g/mol. The van der Waals surface area contributed by atoms with Gasteiger partial charge in [0.05, 0.1) is 6.54 Å². The lowest BCUT2D eigenvalue weighted by atomic mass is 10.1. The van der Waals surface area contributed by atoms with E-state index >= 15 is 0 Å². The van der Waals surface area contributed by atoms with E-state index in [1.54, 1.807) is 4.90 Å². The summed E-state index contributed by atoms with van der Waals surface area (Å²) in [4.78, 5) is 17.3. The van der Waals surface area contributed by atoms with E-state index in [1.807, 2.05) is 24.3 Å². The molecule has 1 aliphatic rings. The number of hydrogen-bond acceptors (Lipinski definition) is 6. The zero-order valence-corrected chi connectivity index (χ0v) is 15.7. The molecule has 1 aromatic heterocycles. The summed E-state index contributed by atoms with van der Waals surface area (Å²) in [6.07, 6.45) is -0.0404. The number of nitrogens with one attached hydrogen (secondary N) is 4. The number of hydrogen-bond donors (Lipinski definition) is 7. The number of aromatic nitrogens is 1. The average Bonchev–Trinajstić information content (AvgIpc) is 3.01. The molecule has 2 atom stereocenters. The van der Waals surface area contributed by atoms with Crippen molar-refractivity contribution in [3.8, 4) is 0 Å². The van der Waals surface area contributed by atoms with Crippen LogP contribution in [-0.2, 0) is 6.54 Å². The van der Waals surface area contributed by atoms with Gasteiger partial charge in [0.25, 0.3) is 0 Å². The zero-order chi connectivity index (χ0) is 19.4. The summed E-state index contributed by atoms with van der Waals surface area (Å²) in [5, 5.41) is 20.2. The number of carbonyl (C=O) groups is 1. The third-order valence-corrected chi connectivity index (χ3v) is 4.79. The molecule has 2 heterocycles. The fraction of sp³-hybridized carbons (Fsp3) is 0.471. The Hall–Kier alpha value is -1.88. The highest BCUT2D eigenvalue weighted by Crippen LogP contribution is 2.20. The van der Waals surface area contributed by atoms with Crippen LogP contribution in [0.15, 0.2) is 24.3 Å². The van der Waals surface area contributed by atoms with Crippen molar-refractivity contribution in [2.24, 2.45) is 11.5 Å². The number of amides is 2. The number of nitrogens with two attached hydrogens (primary N) is 2. The van der Waals surface area contributed by atoms with Crippen molar-refractivity contribution in [3.63, 3.8) is 0 Å². The van der Waals surface area contributed by atoms with Crippen LogP contribution >= 0.6 is 11.6 Å². The number of fused-ring (bicyclic) bond motifs is 1. The molecule has 0 radical (unpaired) electrons. The third kappa shape index (κ3) is 5.55. The molecule has 1 unspecified atom stereocenters. The predicted molar refractivity (Wildman–Crippen MR) is 105 cm³/mol. The molecule has 27 heavy (non-hydrogen) atoms. The minimum atomic E-state index is -0.934. The molecular weight excluding hydrogens is 370 g/mol. The van der Waals surface area contributed by atoms with Crippen molar-refractivity contribution in [3.05, 3.63) is 35.0 Å². The first kappa shape index (κ1) is 19.9. The van der Waals surface area contributed by atoms with Gasteiger partial charge in [-0.05, 0) is 37.1 Å². The van der Waals surface area contributed by atoms with Crippen LogP contribution < -0.4 is 27.4 Å². The van der Waals surface area contributed by atoms with Crippen molar-refractivity contribution in [2.45, 2.75) is 38.1 Å². The van der Waals surface area contributed by atoms with E-state index in [0.29, 0.717) is 24.7 Å². The molecule has 1 aliphatic heterocycles. The first-order chi connectivity index (χ1) is 12.9. The Balaban J connectivity index is 1.48. The standard InChI is InChI=1S/C17H26ClN7O2/c18-11-3-4-14-10(6-11)7-13(22-14)8-21-16(26)23-12-2-1-5-25(9-12)17(27)24-15(19)20/h3-4,6-7,12,15,17,22,24,27H,1-2,5,8-9,19-20H2,(H2,21,23,26)/t12-,17?/m1/s1.